The Morgan fingerprint density at radius 3 is 1.68 bits per heavy atom. The zero-order valence-corrected chi connectivity index (χ0v) is 16.9. The van der Waals surface area contributed by atoms with Crippen LogP contribution in [0.25, 0.3) is 0 Å². The lowest BCUT2D eigenvalue weighted by Gasteiger charge is -2.12. The number of halogens is 4. The summed E-state index contributed by atoms with van der Waals surface area (Å²) >= 11 is 22.7. The average molecular weight is 484 g/mol. The molecule has 11 nitrogen and oxygen atoms in total. The fourth-order valence-corrected chi connectivity index (χ4v) is 3.33. The van der Waals surface area contributed by atoms with Gasteiger partial charge in [0.05, 0.1) is 5.69 Å². The van der Waals surface area contributed by atoms with Crippen LogP contribution < -0.4 is 10.6 Å². The van der Waals surface area contributed by atoms with Crippen molar-refractivity contribution in [2.24, 2.45) is 0 Å². The van der Waals surface area contributed by atoms with Gasteiger partial charge in [0.2, 0.25) is 33.0 Å². The molecular weight excluding hydrogens is 478 g/mol. The van der Waals surface area contributed by atoms with Crippen molar-refractivity contribution < 1.29 is 13.0 Å². The van der Waals surface area contributed by atoms with Crippen molar-refractivity contribution in [2.45, 2.75) is 4.90 Å². The minimum Gasteiger partial charge on any atom is -0.324 e. The van der Waals surface area contributed by atoms with Gasteiger partial charge in [0.1, 0.15) is 4.90 Å². The van der Waals surface area contributed by atoms with Crippen LogP contribution in [-0.2, 0) is 10.1 Å². The van der Waals surface area contributed by atoms with Gasteiger partial charge in [-0.15, -0.1) is 0 Å². The summed E-state index contributed by atoms with van der Waals surface area (Å²) in [6, 6.07) is 3.88. The Kier molecular flexibility index (Phi) is 5.98. The Bertz CT molecular complexity index is 1120. The lowest BCUT2D eigenvalue weighted by atomic mass is 10.3. The molecule has 0 fully saturated rings. The van der Waals surface area contributed by atoms with Gasteiger partial charge in [0.25, 0.3) is 10.1 Å². The second-order valence-corrected chi connectivity index (χ2v) is 7.57. The van der Waals surface area contributed by atoms with E-state index in [-0.39, 0.29) is 44.4 Å². The zero-order chi connectivity index (χ0) is 20.5. The molecule has 0 saturated heterocycles. The first-order valence-electron chi connectivity index (χ1n) is 6.90. The summed E-state index contributed by atoms with van der Waals surface area (Å²) in [6.45, 7) is 0. The molecule has 0 bridgehead atoms. The van der Waals surface area contributed by atoms with Crippen molar-refractivity contribution in [3.05, 3.63) is 39.3 Å². The number of rotatable bonds is 5. The Balaban J connectivity index is 1.98. The Morgan fingerprint density at radius 2 is 1.21 bits per heavy atom. The van der Waals surface area contributed by atoms with Gasteiger partial charge < -0.3 is 10.6 Å². The molecular formula is C12H6Cl4N8O3S. The van der Waals surface area contributed by atoms with E-state index in [1.165, 1.54) is 12.1 Å². The van der Waals surface area contributed by atoms with E-state index in [1.807, 2.05) is 0 Å². The van der Waals surface area contributed by atoms with Crippen LogP contribution in [0.15, 0.2) is 23.1 Å². The van der Waals surface area contributed by atoms with Crippen LogP contribution in [0.2, 0.25) is 21.1 Å². The molecule has 2 aromatic heterocycles. The number of nitrogens with one attached hydrogen (secondary N) is 2. The highest BCUT2D eigenvalue weighted by molar-refractivity contribution is 7.86. The van der Waals surface area contributed by atoms with Crippen molar-refractivity contribution in [3.63, 3.8) is 0 Å². The quantitative estimate of drug-likeness (QED) is 0.456. The van der Waals surface area contributed by atoms with E-state index in [4.69, 9.17) is 46.4 Å². The fraction of sp³-hybridized carbons (Fsp3) is 0. The van der Waals surface area contributed by atoms with E-state index in [1.54, 1.807) is 0 Å². The van der Waals surface area contributed by atoms with Crippen LogP contribution in [0.4, 0.5) is 23.3 Å². The first-order chi connectivity index (χ1) is 13.1. The summed E-state index contributed by atoms with van der Waals surface area (Å²) in [7, 11) is -4.65. The van der Waals surface area contributed by atoms with Gasteiger partial charge in [-0.25, -0.2) is 0 Å². The predicted octanol–water partition coefficient (Wildman–Crippen LogP) is 3.40. The SMILES string of the molecule is O=S(=O)(O)c1cc(Nc2nc(Cl)nc(Cl)n2)ccc1Nc1nc(Cl)nc(Cl)n1. The molecule has 3 N–H and O–H groups in total. The molecule has 2 heterocycles. The van der Waals surface area contributed by atoms with Gasteiger partial charge in [0, 0.05) is 5.69 Å². The summed E-state index contributed by atoms with van der Waals surface area (Å²) in [6.07, 6.45) is 0. The zero-order valence-electron chi connectivity index (χ0n) is 13.1. The van der Waals surface area contributed by atoms with Crippen molar-refractivity contribution in [1.82, 2.24) is 29.9 Å². The molecule has 28 heavy (non-hydrogen) atoms. The van der Waals surface area contributed by atoms with Gasteiger partial charge in [-0.05, 0) is 64.6 Å². The Hall–Kier alpha value is -2.09. The largest absolute Gasteiger partial charge is 0.324 e. The highest BCUT2D eigenvalue weighted by Crippen LogP contribution is 2.28. The van der Waals surface area contributed by atoms with Crippen LogP contribution >= 0.6 is 46.4 Å². The van der Waals surface area contributed by atoms with Crippen LogP contribution in [0, 0.1) is 0 Å². The van der Waals surface area contributed by atoms with Crippen molar-refractivity contribution >= 4 is 79.8 Å². The highest BCUT2D eigenvalue weighted by atomic mass is 35.5. The average Bonchev–Trinajstić information content (AvgIpc) is 2.53. The normalized spacial score (nSPS) is 11.3. The number of benzene rings is 1. The minimum absolute atomic E-state index is 0.0389. The third kappa shape index (κ3) is 5.25. The van der Waals surface area contributed by atoms with Crippen LogP contribution in [-0.4, -0.2) is 42.9 Å². The Morgan fingerprint density at radius 1 is 0.750 bits per heavy atom. The summed E-state index contributed by atoms with van der Waals surface area (Å²) in [4.78, 5) is 21.8. The lowest BCUT2D eigenvalue weighted by Crippen LogP contribution is -2.07. The molecule has 0 unspecified atom stereocenters. The monoisotopic (exact) mass is 482 g/mol. The molecule has 0 amide bonds. The first-order valence-corrected chi connectivity index (χ1v) is 9.85. The molecule has 0 aliphatic rings. The molecule has 146 valence electrons. The van der Waals surface area contributed by atoms with Crippen LogP contribution in [0.3, 0.4) is 0 Å². The van der Waals surface area contributed by atoms with Crippen molar-refractivity contribution in [3.8, 4) is 0 Å². The molecule has 0 aliphatic heterocycles. The third-order valence-corrected chi connectivity index (χ3v) is 4.49. The van der Waals surface area contributed by atoms with E-state index < -0.39 is 15.0 Å². The molecule has 0 radical (unpaired) electrons. The van der Waals surface area contributed by atoms with Gasteiger partial charge in [-0.1, -0.05) is 0 Å². The van der Waals surface area contributed by atoms with E-state index in [0.717, 1.165) is 6.07 Å². The minimum atomic E-state index is -4.65. The molecule has 1 aromatic carbocycles. The second kappa shape index (κ2) is 8.11. The van der Waals surface area contributed by atoms with Crippen molar-refractivity contribution in [1.29, 1.82) is 0 Å². The van der Waals surface area contributed by atoms with E-state index in [0.29, 0.717) is 0 Å². The van der Waals surface area contributed by atoms with E-state index >= 15 is 0 Å². The molecule has 0 spiro atoms. The van der Waals surface area contributed by atoms with Crippen molar-refractivity contribution in [2.75, 3.05) is 10.6 Å². The number of hydrogen-bond donors (Lipinski definition) is 3. The second-order valence-electron chi connectivity index (χ2n) is 4.83. The molecule has 0 saturated carbocycles. The standard InChI is InChI=1S/C12H6Cl4N8O3S/c13-7-19-8(14)22-11(21-7)17-4-1-2-5(6(3-4)28(25,26)27)18-12-23-9(15)20-10(16)24-12/h1-3H,(H,25,26,27)(H,17,19,21,22)(H,18,20,23,24). The summed E-state index contributed by atoms with van der Waals surface area (Å²) in [5.41, 5.74) is 0.140. The van der Waals surface area contributed by atoms with E-state index in [2.05, 4.69) is 40.5 Å². The fourth-order valence-electron chi connectivity index (χ4n) is 1.93. The van der Waals surface area contributed by atoms with E-state index in [9.17, 15) is 13.0 Å². The molecule has 3 rings (SSSR count). The maximum atomic E-state index is 11.8. The lowest BCUT2D eigenvalue weighted by molar-refractivity contribution is 0.483. The molecule has 16 heteroatoms. The highest BCUT2D eigenvalue weighted by Gasteiger charge is 2.18. The predicted molar refractivity (Wildman–Crippen MR) is 103 cm³/mol. The first kappa shape index (κ1) is 20.6. The Labute approximate surface area is 177 Å². The van der Waals surface area contributed by atoms with Crippen LogP contribution in [0.1, 0.15) is 0 Å². The van der Waals surface area contributed by atoms with Gasteiger partial charge >= 0.3 is 0 Å². The summed E-state index contributed by atoms with van der Waals surface area (Å²) in [5.74, 6) is -0.172. The molecule has 0 atom stereocenters. The number of nitrogens with zero attached hydrogens (tertiary/aromatic N) is 6. The number of anilines is 4. The van der Waals surface area contributed by atoms with Gasteiger partial charge in [0.15, 0.2) is 0 Å². The smallest absolute Gasteiger partial charge is 0.296 e. The third-order valence-electron chi connectivity index (χ3n) is 2.92. The summed E-state index contributed by atoms with van der Waals surface area (Å²) in [5, 5.41) is 4.52. The van der Waals surface area contributed by atoms with Gasteiger partial charge in [-0.2, -0.15) is 38.3 Å². The molecule has 3 aromatic rings. The summed E-state index contributed by atoms with van der Waals surface area (Å²) < 4.78 is 33.1. The number of hydrogen-bond acceptors (Lipinski definition) is 10. The maximum Gasteiger partial charge on any atom is 0.296 e. The van der Waals surface area contributed by atoms with Crippen LogP contribution in [0.5, 0.6) is 0 Å². The topological polar surface area (TPSA) is 156 Å². The number of aromatic nitrogens is 6. The molecule has 0 aliphatic carbocycles. The van der Waals surface area contributed by atoms with Gasteiger partial charge in [-0.3, -0.25) is 4.55 Å². The maximum absolute atomic E-state index is 11.8.